The second-order valence-electron chi connectivity index (χ2n) is 6.47. The monoisotopic (exact) mass is 396 g/mol. The zero-order valence-electron chi connectivity index (χ0n) is 15.1. The Bertz CT molecular complexity index is 913. The predicted octanol–water partition coefficient (Wildman–Crippen LogP) is 2.53. The van der Waals surface area contributed by atoms with Crippen LogP contribution in [0.2, 0.25) is 0 Å². The summed E-state index contributed by atoms with van der Waals surface area (Å²) >= 11 is 0. The molecule has 1 aliphatic heterocycles. The first-order chi connectivity index (χ1) is 13.2. The van der Waals surface area contributed by atoms with Crippen LogP contribution in [0.3, 0.4) is 0 Å². The Morgan fingerprint density at radius 3 is 2.71 bits per heavy atom. The van der Waals surface area contributed by atoms with Gasteiger partial charge in [0.2, 0.25) is 5.91 Å². The fraction of sp³-hybridized carbons (Fsp3) is 0.389. The van der Waals surface area contributed by atoms with E-state index in [1.54, 1.807) is 6.07 Å². The van der Waals surface area contributed by atoms with E-state index in [1.165, 1.54) is 36.0 Å². The van der Waals surface area contributed by atoms with Crippen molar-refractivity contribution in [2.45, 2.75) is 19.2 Å². The lowest BCUT2D eigenvalue weighted by Crippen LogP contribution is -2.41. The molecule has 2 heterocycles. The van der Waals surface area contributed by atoms with Gasteiger partial charge in [0.15, 0.2) is 5.75 Å². The van der Waals surface area contributed by atoms with Crippen LogP contribution in [0, 0.1) is 5.92 Å². The highest BCUT2D eigenvalue weighted by atomic mass is 19.4. The summed E-state index contributed by atoms with van der Waals surface area (Å²) in [5.74, 6) is -0.726. The average molecular weight is 396 g/mol. The van der Waals surface area contributed by atoms with Gasteiger partial charge in [-0.15, -0.1) is 13.2 Å². The molecule has 2 aromatic rings. The number of nitrogens with one attached hydrogen (secondary N) is 1. The molecule has 0 radical (unpaired) electrons. The number of carbonyl (C=O) groups excluding carboxylic acids is 1. The smallest absolute Gasteiger partial charge is 0.404 e. The Labute approximate surface area is 158 Å². The molecular formula is C18H19F3N4O3. The third-order valence-electron chi connectivity index (χ3n) is 4.43. The Kier molecular flexibility index (Phi) is 5.57. The molecule has 7 nitrogen and oxygen atoms in total. The van der Waals surface area contributed by atoms with Gasteiger partial charge in [0.25, 0.3) is 5.56 Å². The molecule has 0 unspecified atom stereocenters. The van der Waals surface area contributed by atoms with Gasteiger partial charge in [0, 0.05) is 26.2 Å². The van der Waals surface area contributed by atoms with Gasteiger partial charge in [-0.1, -0.05) is 12.1 Å². The number of carbonyl (C=O) groups is 1. The molecule has 28 heavy (non-hydrogen) atoms. The van der Waals surface area contributed by atoms with Crippen LogP contribution in [-0.4, -0.2) is 35.1 Å². The first-order valence-corrected chi connectivity index (χ1v) is 8.68. The summed E-state index contributed by atoms with van der Waals surface area (Å²) in [7, 11) is 1.54. The number of rotatable bonds is 4. The minimum atomic E-state index is -4.85. The van der Waals surface area contributed by atoms with Gasteiger partial charge in [-0.2, -0.15) is 5.10 Å². The van der Waals surface area contributed by atoms with Crippen LogP contribution in [0.15, 0.2) is 41.2 Å². The maximum Gasteiger partial charge on any atom is 0.573 e. The topological polar surface area (TPSA) is 76.5 Å². The fourth-order valence-electron chi connectivity index (χ4n) is 3.08. The summed E-state index contributed by atoms with van der Waals surface area (Å²) in [6.07, 6.45) is -3.54. The summed E-state index contributed by atoms with van der Waals surface area (Å²) in [6, 6.07) is 8.40. The molecule has 0 aliphatic carbocycles. The van der Waals surface area contributed by atoms with E-state index in [1.807, 2.05) is 4.90 Å². The fourth-order valence-corrected chi connectivity index (χ4v) is 3.08. The number of benzene rings is 1. The van der Waals surface area contributed by atoms with Crippen molar-refractivity contribution >= 4 is 17.4 Å². The maximum atomic E-state index is 12.6. The highest BCUT2D eigenvalue weighted by Gasteiger charge is 2.33. The van der Waals surface area contributed by atoms with E-state index in [0.717, 1.165) is 6.07 Å². The van der Waals surface area contributed by atoms with E-state index in [0.29, 0.717) is 31.7 Å². The summed E-state index contributed by atoms with van der Waals surface area (Å²) in [5.41, 5.74) is -0.279. The largest absolute Gasteiger partial charge is 0.573 e. The molecule has 0 spiro atoms. The molecule has 3 rings (SSSR count). The van der Waals surface area contributed by atoms with Gasteiger partial charge < -0.3 is 15.0 Å². The number of alkyl halides is 3. The number of aromatic nitrogens is 2. The van der Waals surface area contributed by atoms with E-state index < -0.39 is 23.9 Å². The summed E-state index contributed by atoms with van der Waals surface area (Å²) in [5, 5.41) is 6.71. The number of amides is 1. The predicted molar refractivity (Wildman–Crippen MR) is 96.2 cm³/mol. The number of halogens is 3. The summed E-state index contributed by atoms with van der Waals surface area (Å²) < 4.78 is 42.8. The number of anilines is 2. The Hall–Kier alpha value is -3.04. The molecule has 1 N–H and O–H groups in total. The second-order valence-corrected chi connectivity index (χ2v) is 6.47. The number of para-hydroxylation sites is 2. The minimum absolute atomic E-state index is 0.0396. The Morgan fingerprint density at radius 2 is 2.00 bits per heavy atom. The highest BCUT2D eigenvalue weighted by Crippen LogP contribution is 2.31. The van der Waals surface area contributed by atoms with Crippen molar-refractivity contribution < 1.29 is 22.7 Å². The van der Waals surface area contributed by atoms with Crippen LogP contribution in [0.5, 0.6) is 5.75 Å². The normalized spacial score (nSPS) is 17.3. The molecule has 1 saturated heterocycles. The number of aryl methyl sites for hydroxylation is 1. The zero-order valence-corrected chi connectivity index (χ0v) is 15.1. The lowest BCUT2D eigenvalue weighted by atomic mass is 9.97. The molecule has 0 saturated carbocycles. The zero-order chi connectivity index (χ0) is 20.3. The van der Waals surface area contributed by atoms with E-state index >= 15 is 0 Å². The lowest BCUT2D eigenvalue weighted by molar-refractivity contribution is -0.274. The Morgan fingerprint density at radius 1 is 1.25 bits per heavy atom. The summed E-state index contributed by atoms with van der Waals surface area (Å²) in [6.45, 7) is 1.02. The van der Waals surface area contributed by atoms with E-state index in [2.05, 4.69) is 15.2 Å². The van der Waals surface area contributed by atoms with Gasteiger partial charge in [-0.3, -0.25) is 9.59 Å². The van der Waals surface area contributed by atoms with Crippen LogP contribution >= 0.6 is 0 Å². The standard InChI is InChI=1S/C18H19F3N4O3/c1-24-16(26)9-8-15(23-24)25-10-4-5-12(11-25)17(27)22-13-6-2-3-7-14(13)28-18(19,20)21/h2-3,6-9,12H,4-5,10-11H2,1H3,(H,22,27)/t12-/m1/s1. The van der Waals surface area contributed by atoms with Gasteiger partial charge in [0.05, 0.1) is 11.6 Å². The van der Waals surface area contributed by atoms with Crippen LogP contribution in [0.25, 0.3) is 0 Å². The first kappa shape index (κ1) is 19.7. The third kappa shape index (κ3) is 4.81. The number of hydrogen-bond acceptors (Lipinski definition) is 5. The van der Waals surface area contributed by atoms with Crippen molar-refractivity contribution in [2.24, 2.45) is 13.0 Å². The SMILES string of the molecule is Cn1nc(N2CCC[C@@H](C(=O)Nc3ccccc3OC(F)(F)F)C2)ccc1=O. The Balaban J connectivity index is 1.71. The van der Waals surface area contributed by atoms with Crippen molar-refractivity contribution in [2.75, 3.05) is 23.3 Å². The number of hydrogen-bond donors (Lipinski definition) is 1. The lowest BCUT2D eigenvalue weighted by Gasteiger charge is -2.32. The molecule has 1 aromatic carbocycles. The van der Waals surface area contributed by atoms with E-state index in [-0.39, 0.29) is 11.2 Å². The van der Waals surface area contributed by atoms with Gasteiger partial charge in [0.1, 0.15) is 5.82 Å². The average Bonchev–Trinajstić information content (AvgIpc) is 2.64. The number of ether oxygens (including phenoxy) is 1. The number of nitrogens with zero attached hydrogens (tertiary/aromatic N) is 3. The van der Waals surface area contributed by atoms with Gasteiger partial charge >= 0.3 is 6.36 Å². The van der Waals surface area contributed by atoms with Crippen LogP contribution < -0.4 is 20.5 Å². The van der Waals surface area contributed by atoms with Gasteiger partial charge in [-0.05, 0) is 31.0 Å². The van der Waals surface area contributed by atoms with Crippen LogP contribution in [0.1, 0.15) is 12.8 Å². The molecule has 1 fully saturated rings. The maximum absolute atomic E-state index is 12.6. The highest BCUT2D eigenvalue weighted by molar-refractivity contribution is 5.94. The molecule has 0 bridgehead atoms. The summed E-state index contributed by atoms with van der Waals surface area (Å²) in [4.78, 5) is 26.0. The van der Waals surface area contributed by atoms with Gasteiger partial charge in [-0.25, -0.2) is 4.68 Å². The molecule has 1 aliphatic rings. The van der Waals surface area contributed by atoms with Crippen molar-refractivity contribution in [3.05, 3.63) is 46.8 Å². The molecule has 10 heteroatoms. The molecule has 1 amide bonds. The quantitative estimate of drug-likeness (QED) is 0.860. The second kappa shape index (κ2) is 7.91. The third-order valence-corrected chi connectivity index (χ3v) is 4.43. The molecule has 1 atom stereocenters. The molecule has 150 valence electrons. The van der Waals surface area contributed by atoms with Crippen LogP contribution in [0.4, 0.5) is 24.7 Å². The van der Waals surface area contributed by atoms with Crippen molar-refractivity contribution in [1.29, 1.82) is 0 Å². The first-order valence-electron chi connectivity index (χ1n) is 8.68. The van der Waals surface area contributed by atoms with Crippen molar-refractivity contribution in [3.63, 3.8) is 0 Å². The molecule has 1 aromatic heterocycles. The van der Waals surface area contributed by atoms with Crippen molar-refractivity contribution in [1.82, 2.24) is 9.78 Å². The van der Waals surface area contributed by atoms with Crippen molar-refractivity contribution in [3.8, 4) is 5.75 Å². The van der Waals surface area contributed by atoms with Crippen LogP contribution in [-0.2, 0) is 11.8 Å². The van der Waals surface area contributed by atoms with E-state index in [9.17, 15) is 22.8 Å². The minimum Gasteiger partial charge on any atom is -0.404 e. The number of piperidine rings is 1. The van der Waals surface area contributed by atoms with E-state index in [4.69, 9.17) is 0 Å². The molecular weight excluding hydrogens is 377 g/mol.